The molecule has 0 saturated heterocycles. The van der Waals surface area contributed by atoms with Crippen LogP contribution in [0.25, 0.3) is 12.2 Å². The van der Waals surface area contributed by atoms with Gasteiger partial charge in [-0.05, 0) is 55.7 Å². The van der Waals surface area contributed by atoms with E-state index in [1.807, 2.05) is 45.0 Å². The van der Waals surface area contributed by atoms with Crippen LogP contribution in [0.2, 0.25) is 0 Å². The van der Waals surface area contributed by atoms with Crippen LogP contribution in [0.1, 0.15) is 60.1 Å². The van der Waals surface area contributed by atoms with E-state index in [9.17, 15) is 9.59 Å². The highest BCUT2D eigenvalue weighted by molar-refractivity contribution is 5.78. The Balaban J connectivity index is 0.000000291. The summed E-state index contributed by atoms with van der Waals surface area (Å²) < 4.78 is 0. The Kier molecular flexibility index (Phi) is 10.2. The quantitative estimate of drug-likeness (QED) is 0.648. The summed E-state index contributed by atoms with van der Waals surface area (Å²) in [4.78, 5) is 30.2. The molecular weight excluding hydrogens is 364 g/mol. The van der Waals surface area contributed by atoms with Crippen molar-refractivity contribution in [2.75, 3.05) is 0 Å². The van der Waals surface area contributed by atoms with E-state index in [0.29, 0.717) is 25.0 Å². The summed E-state index contributed by atoms with van der Waals surface area (Å²) in [6.07, 6.45) is 6.06. The van der Waals surface area contributed by atoms with Crippen LogP contribution in [-0.4, -0.2) is 26.8 Å². The van der Waals surface area contributed by atoms with Crippen LogP contribution < -0.4 is 0 Å². The molecule has 2 heterocycles. The molecule has 5 nitrogen and oxygen atoms in total. The number of rotatable bonds is 9. The fourth-order valence-corrected chi connectivity index (χ4v) is 2.70. The molecule has 2 rings (SSSR count). The van der Waals surface area contributed by atoms with E-state index in [1.54, 1.807) is 12.2 Å². The number of nitrogens with zero attached hydrogens (tertiary/aromatic N) is 2. The number of aliphatic carboxylic acids is 1. The average molecular weight is 395 g/mol. The van der Waals surface area contributed by atoms with Crippen LogP contribution in [0.4, 0.5) is 0 Å². The van der Waals surface area contributed by atoms with Gasteiger partial charge in [0, 0.05) is 42.0 Å². The van der Waals surface area contributed by atoms with Gasteiger partial charge < -0.3 is 5.11 Å². The lowest BCUT2D eigenvalue weighted by molar-refractivity contribution is -0.137. The van der Waals surface area contributed by atoms with Gasteiger partial charge >= 0.3 is 5.97 Å². The summed E-state index contributed by atoms with van der Waals surface area (Å²) in [5.74, 6) is -0.507. The standard InChI is InChI=1S/C13H17NO.C11H13NO2/c1-4-11-8-10(3)14-12(9-11)6-7-13(15)5-2;1-3-9-6-8(2)12-10(7-9)4-5-11(13)14/h4,8-9H,1,5-7H2,2-3H3;3,6-7H,1,4-5H2,2H3,(H,13,14). The van der Waals surface area contributed by atoms with Crippen molar-refractivity contribution in [2.45, 2.75) is 52.9 Å². The van der Waals surface area contributed by atoms with Crippen LogP contribution in [-0.2, 0) is 22.4 Å². The molecule has 0 radical (unpaired) electrons. The van der Waals surface area contributed by atoms with Gasteiger partial charge in [0.15, 0.2) is 0 Å². The first-order valence-corrected chi connectivity index (χ1v) is 9.70. The van der Waals surface area contributed by atoms with Gasteiger partial charge in [-0.15, -0.1) is 0 Å². The number of carboxylic acid groups (broad SMARTS) is 1. The zero-order valence-electron chi connectivity index (χ0n) is 17.6. The summed E-state index contributed by atoms with van der Waals surface area (Å²) in [5.41, 5.74) is 5.71. The molecule has 0 aliphatic rings. The van der Waals surface area contributed by atoms with Crippen molar-refractivity contribution >= 4 is 23.9 Å². The number of aryl methyl sites for hydroxylation is 4. The molecule has 0 unspecified atom stereocenters. The summed E-state index contributed by atoms with van der Waals surface area (Å²) in [6, 6.07) is 7.75. The highest BCUT2D eigenvalue weighted by atomic mass is 16.4. The van der Waals surface area contributed by atoms with Crippen molar-refractivity contribution in [1.29, 1.82) is 0 Å². The number of Topliss-reactive ketones (excluding diaryl/α,β-unsaturated/α-hetero) is 1. The molecule has 0 aliphatic carbocycles. The van der Waals surface area contributed by atoms with Gasteiger partial charge in [-0.1, -0.05) is 32.2 Å². The van der Waals surface area contributed by atoms with Crippen molar-refractivity contribution in [2.24, 2.45) is 0 Å². The summed E-state index contributed by atoms with van der Waals surface area (Å²) in [5, 5.41) is 8.52. The summed E-state index contributed by atoms with van der Waals surface area (Å²) in [7, 11) is 0. The molecular formula is C24H30N2O3. The van der Waals surface area contributed by atoms with Crippen LogP contribution in [0.3, 0.4) is 0 Å². The van der Waals surface area contributed by atoms with Crippen molar-refractivity contribution in [3.05, 3.63) is 71.3 Å². The fourth-order valence-electron chi connectivity index (χ4n) is 2.70. The first-order valence-electron chi connectivity index (χ1n) is 9.70. The number of carboxylic acids is 1. The number of aromatic nitrogens is 2. The Labute approximate surface area is 173 Å². The van der Waals surface area contributed by atoms with Crippen molar-refractivity contribution in [1.82, 2.24) is 9.97 Å². The first-order chi connectivity index (χ1) is 13.8. The molecule has 0 atom stereocenters. The monoisotopic (exact) mass is 394 g/mol. The number of carbonyl (C=O) groups excluding carboxylic acids is 1. The SMILES string of the molecule is C=Cc1cc(C)nc(CCC(=O)CC)c1.C=Cc1cc(C)nc(CCC(=O)O)c1. The average Bonchev–Trinajstić information content (AvgIpc) is 2.70. The maximum Gasteiger partial charge on any atom is 0.303 e. The first kappa shape index (κ1) is 24.0. The molecule has 0 amide bonds. The molecule has 0 spiro atoms. The molecule has 0 saturated carbocycles. The van der Waals surface area contributed by atoms with Crippen molar-refractivity contribution in [3.63, 3.8) is 0 Å². The predicted molar refractivity (Wildman–Crippen MR) is 118 cm³/mol. The molecule has 0 aliphatic heterocycles. The molecule has 0 aromatic carbocycles. The second-order valence-electron chi connectivity index (χ2n) is 6.76. The number of pyridine rings is 2. The van der Waals surface area contributed by atoms with Gasteiger partial charge in [-0.25, -0.2) is 0 Å². The molecule has 1 N–H and O–H groups in total. The number of hydrogen-bond acceptors (Lipinski definition) is 4. The Morgan fingerprint density at radius 3 is 1.72 bits per heavy atom. The van der Waals surface area contributed by atoms with Crippen molar-refractivity contribution < 1.29 is 14.7 Å². The Morgan fingerprint density at radius 1 is 0.897 bits per heavy atom. The van der Waals surface area contributed by atoms with Gasteiger partial charge in [0.1, 0.15) is 5.78 Å². The molecule has 29 heavy (non-hydrogen) atoms. The minimum absolute atomic E-state index is 0.118. The van der Waals surface area contributed by atoms with E-state index in [1.165, 1.54) is 0 Å². The topological polar surface area (TPSA) is 80.2 Å². The molecule has 154 valence electrons. The third kappa shape index (κ3) is 9.60. The summed E-state index contributed by atoms with van der Waals surface area (Å²) >= 11 is 0. The number of ketones is 1. The normalized spacial score (nSPS) is 9.90. The molecule has 0 fully saturated rings. The second-order valence-corrected chi connectivity index (χ2v) is 6.76. The maximum absolute atomic E-state index is 11.2. The van der Waals surface area contributed by atoms with Gasteiger partial charge in [-0.3, -0.25) is 19.6 Å². The van der Waals surface area contributed by atoms with Gasteiger partial charge in [0.25, 0.3) is 0 Å². The third-order valence-corrected chi connectivity index (χ3v) is 4.18. The largest absolute Gasteiger partial charge is 0.481 e. The molecule has 2 aromatic rings. The zero-order valence-corrected chi connectivity index (χ0v) is 17.6. The van der Waals surface area contributed by atoms with Crippen LogP contribution >= 0.6 is 0 Å². The van der Waals surface area contributed by atoms with Gasteiger partial charge in [-0.2, -0.15) is 0 Å². The molecule has 0 bridgehead atoms. The van der Waals surface area contributed by atoms with Crippen molar-refractivity contribution in [3.8, 4) is 0 Å². The Hall–Kier alpha value is -3.08. The van der Waals surface area contributed by atoms with Crippen LogP contribution in [0.5, 0.6) is 0 Å². The Morgan fingerprint density at radius 2 is 1.34 bits per heavy atom. The Bertz CT molecular complexity index is 872. The second kappa shape index (κ2) is 12.4. The number of hydrogen-bond donors (Lipinski definition) is 1. The molecule has 2 aromatic heterocycles. The highest BCUT2D eigenvalue weighted by Gasteiger charge is 2.03. The smallest absolute Gasteiger partial charge is 0.303 e. The van der Waals surface area contributed by atoms with E-state index in [0.717, 1.165) is 40.3 Å². The van der Waals surface area contributed by atoms with E-state index < -0.39 is 5.97 Å². The molecule has 5 heteroatoms. The van der Waals surface area contributed by atoms with E-state index >= 15 is 0 Å². The van der Waals surface area contributed by atoms with Gasteiger partial charge in [0.05, 0.1) is 6.42 Å². The fraction of sp³-hybridized carbons (Fsp3) is 0.333. The van der Waals surface area contributed by atoms with E-state index in [2.05, 4.69) is 23.1 Å². The lowest BCUT2D eigenvalue weighted by atomic mass is 10.1. The minimum atomic E-state index is -0.798. The number of carbonyl (C=O) groups is 2. The highest BCUT2D eigenvalue weighted by Crippen LogP contribution is 2.10. The van der Waals surface area contributed by atoms with Gasteiger partial charge in [0.2, 0.25) is 0 Å². The summed E-state index contributed by atoms with van der Waals surface area (Å²) in [6.45, 7) is 13.1. The van der Waals surface area contributed by atoms with Crippen LogP contribution in [0, 0.1) is 13.8 Å². The third-order valence-electron chi connectivity index (χ3n) is 4.18. The minimum Gasteiger partial charge on any atom is -0.481 e. The predicted octanol–water partition coefficient (Wildman–Crippen LogP) is 4.99. The van der Waals surface area contributed by atoms with Crippen LogP contribution in [0.15, 0.2) is 37.4 Å². The lowest BCUT2D eigenvalue weighted by Crippen LogP contribution is -2.00. The van der Waals surface area contributed by atoms with E-state index in [4.69, 9.17) is 5.11 Å². The van der Waals surface area contributed by atoms with E-state index in [-0.39, 0.29) is 6.42 Å². The maximum atomic E-state index is 11.2. The zero-order chi connectivity index (χ0) is 21.8. The lowest BCUT2D eigenvalue weighted by Gasteiger charge is -2.03.